The number of carbonyl (C=O) groups is 1. The third-order valence-corrected chi connectivity index (χ3v) is 8.69. The lowest BCUT2D eigenvalue weighted by Gasteiger charge is -2.46. The van der Waals surface area contributed by atoms with E-state index in [1.807, 2.05) is 17.7 Å². The van der Waals surface area contributed by atoms with E-state index in [1.54, 1.807) is 6.20 Å². The van der Waals surface area contributed by atoms with Gasteiger partial charge in [0.15, 0.2) is 0 Å². The standard InChI is InChI=1S/C28H32N4O5/c1-32-13-21(20-10-25(30-17-33)29-12-23(20)32)22-11-24(37-18-2-5-27(6-3-18)14-35-15-27)19-4-8-36-28(26(19)31-22)7-9-34-16-28/h10-13,17-18H,2-9,14-16H2,1H3,(H,29,30,33). The summed E-state index contributed by atoms with van der Waals surface area (Å²) in [6.45, 7) is 3.60. The number of pyridine rings is 2. The number of anilines is 1. The summed E-state index contributed by atoms with van der Waals surface area (Å²) in [6, 6.07) is 4.00. The normalized spacial score (nSPS) is 24.8. The van der Waals surface area contributed by atoms with Crippen molar-refractivity contribution in [1.29, 1.82) is 0 Å². The van der Waals surface area contributed by atoms with Gasteiger partial charge in [0.2, 0.25) is 6.41 Å². The number of hydrogen-bond acceptors (Lipinski definition) is 7. The molecular weight excluding hydrogens is 472 g/mol. The van der Waals surface area contributed by atoms with Crippen LogP contribution in [0.25, 0.3) is 22.2 Å². The minimum atomic E-state index is -0.530. The van der Waals surface area contributed by atoms with Crippen molar-refractivity contribution in [1.82, 2.24) is 14.5 Å². The molecule has 1 atom stereocenters. The maximum atomic E-state index is 11.1. The van der Waals surface area contributed by atoms with E-state index in [4.69, 9.17) is 23.9 Å². The highest BCUT2D eigenvalue weighted by molar-refractivity contribution is 5.97. The molecule has 3 aromatic rings. The van der Waals surface area contributed by atoms with Gasteiger partial charge in [0.1, 0.15) is 17.2 Å². The molecule has 194 valence electrons. The number of aryl methyl sites for hydroxylation is 1. The molecule has 37 heavy (non-hydrogen) atoms. The number of ether oxygens (including phenoxy) is 4. The molecule has 1 amide bonds. The number of nitrogens with zero attached hydrogens (tertiary/aromatic N) is 3. The van der Waals surface area contributed by atoms with E-state index in [0.717, 1.165) is 90.9 Å². The molecule has 1 N–H and O–H groups in total. The number of carbonyl (C=O) groups excluding carboxylic acids is 1. The van der Waals surface area contributed by atoms with Crippen molar-refractivity contribution in [2.75, 3.05) is 38.4 Å². The molecule has 3 fully saturated rings. The van der Waals surface area contributed by atoms with Crippen LogP contribution in [0.3, 0.4) is 0 Å². The number of amides is 1. The molecule has 9 nitrogen and oxygen atoms in total. The van der Waals surface area contributed by atoms with Gasteiger partial charge in [-0.3, -0.25) is 4.79 Å². The number of nitrogens with one attached hydrogen (secondary N) is 1. The second-order valence-corrected chi connectivity index (χ2v) is 11.0. The van der Waals surface area contributed by atoms with Gasteiger partial charge < -0.3 is 28.8 Å². The maximum absolute atomic E-state index is 11.1. The van der Waals surface area contributed by atoms with Crippen molar-refractivity contribution >= 4 is 23.1 Å². The van der Waals surface area contributed by atoms with E-state index in [-0.39, 0.29) is 6.10 Å². The molecule has 1 saturated carbocycles. The van der Waals surface area contributed by atoms with Crippen LogP contribution in [0.4, 0.5) is 5.82 Å². The molecule has 4 aliphatic rings. The Labute approximate surface area is 215 Å². The first-order valence-corrected chi connectivity index (χ1v) is 13.2. The summed E-state index contributed by atoms with van der Waals surface area (Å²) >= 11 is 0. The summed E-state index contributed by atoms with van der Waals surface area (Å²) in [4.78, 5) is 20.6. The van der Waals surface area contributed by atoms with Crippen LogP contribution in [-0.2, 0) is 38.1 Å². The van der Waals surface area contributed by atoms with Gasteiger partial charge in [0.25, 0.3) is 0 Å². The first kappa shape index (κ1) is 23.1. The SMILES string of the molecule is Cn1cc(-c2cc(OC3CCC4(CC3)COC4)c3c(n2)C2(CCOC2)OCC3)c2cc(NC=O)ncc21. The molecule has 0 bridgehead atoms. The van der Waals surface area contributed by atoms with E-state index >= 15 is 0 Å². The Morgan fingerprint density at radius 1 is 1.14 bits per heavy atom. The third kappa shape index (κ3) is 3.83. The van der Waals surface area contributed by atoms with E-state index in [9.17, 15) is 4.79 Å². The lowest BCUT2D eigenvalue weighted by atomic mass is 9.72. The molecule has 3 aromatic heterocycles. The molecule has 0 radical (unpaired) electrons. The van der Waals surface area contributed by atoms with E-state index in [0.29, 0.717) is 37.5 Å². The predicted octanol–water partition coefficient (Wildman–Crippen LogP) is 3.73. The molecule has 6 heterocycles. The number of rotatable bonds is 5. The average Bonchev–Trinajstić information content (AvgIpc) is 3.49. The Morgan fingerprint density at radius 3 is 2.73 bits per heavy atom. The van der Waals surface area contributed by atoms with Crippen molar-refractivity contribution in [2.45, 2.75) is 50.2 Å². The molecule has 3 aliphatic heterocycles. The van der Waals surface area contributed by atoms with Crippen molar-refractivity contribution in [3.8, 4) is 17.0 Å². The van der Waals surface area contributed by atoms with Crippen LogP contribution in [-0.4, -0.2) is 60.1 Å². The highest BCUT2D eigenvalue weighted by Crippen LogP contribution is 2.46. The smallest absolute Gasteiger partial charge is 0.212 e. The van der Waals surface area contributed by atoms with Crippen LogP contribution in [0.1, 0.15) is 43.4 Å². The second-order valence-electron chi connectivity index (χ2n) is 11.0. The van der Waals surface area contributed by atoms with E-state index in [1.165, 1.54) is 0 Å². The number of aromatic nitrogens is 3. The zero-order valence-electron chi connectivity index (χ0n) is 21.1. The van der Waals surface area contributed by atoms with Crippen LogP contribution in [0.5, 0.6) is 5.75 Å². The minimum absolute atomic E-state index is 0.185. The Hall–Kier alpha value is -3.01. The van der Waals surface area contributed by atoms with Crippen molar-refractivity contribution in [3.05, 3.63) is 35.8 Å². The third-order valence-electron chi connectivity index (χ3n) is 8.69. The van der Waals surface area contributed by atoms with Crippen LogP contribution in [0.2, 0.25) is 0 Å². The zero-order valence-corrected chi connectivity index (χ0v) is 21.1. The molecule has 1 aliphatic carbocycles. The summed E-state index contributed by atoms with van der Waals surface area (Å²) in [5, 5.41) is 3.64. The first-order valence-electron chi connectivity index (χ1n) is 13.2. The second kappa shape index (κ2) is 8.79. The fourth-order valence-corrected chi connectivity index (χ4v) is 6.48. The summed E-state index contributed by atoms with van der Waals surface area (Å²) < 4.78 is 26.5. The Morgan fingerprint density at radius 2 is 2.00 bits per heavy atom. The predicted molar refractivity (Wildman–Crippen MR) is 137 cm³/mol. The Kier molecular flexibility index (Phi) is 5.49. The van der Waals surface area contributed by atoms with Gasteiger partial charge in [0, 0.05) is 60.7 Å². The largest absolute Gasteiger partial charge is 0.490 e. The van der Waals surface area contributed by atoms with Crippen LogP contribution < -0.4 is 10.1 Å². The van der Waals surface area contributed by atoms with E-state index < -0.39 is 5.60 Å². The molecule has 1 unspecified atom stereocenters. The highest BCUT2D eigenvalue weighted by Gasteiger charge is 2.45. The van der Waals surface area contributed by atoms with Crippen molar-refractivity contribution < 1.29 is 23.7 Å². The van der Waals surface area contributed by atoms with Gasteiger partial charge >= 0.3 is 0 Å². The zero-order chi connectivity index (χ0) is 25.0. The summed E-state index contributed by atoms with van der Waals surface area (Å²) in [5.74, 6) is 1.42. The number of hydrogen-bond donors (Lipinski definition) is 1. The fraction of sp³-hybridized carbons (Fsp3) is 0.536. The van der Waals surface area contributed by atoms with Gasteiger partial charge in [-0.1, -0.05) is 0 Å². The number of fused-ring (bicyclic) bond motifs is 3. The molecule has 2 saturated heterocycles. The van der Waals surface area contributed by atoms with Crippen molar-refractivity contribution in [2.24, 2.45) is 12.5 Å². The monoisotopic (exact) mass is 504 g/mol. The maximum Gasteiger partial charge on any atom is 0.212 e. The lowest BCUT2D eigenvalue weighted by molar-refractivity contribution is -0.140. The summed E-state index contributed by atoms with van der Waals surface area (Å²) in [5.41, 5.74) is 4.71. The molecule has 2 spiro atoms. The van der Waals surface area contributed by atoms with Gasteiger partial charge in [-0.25, -0.2) is 9.97 Å². The summed E-state index contributed by atoms with van der Waals surface area (Å²) in [7, 11) is 1.99. The molecular formula is C28H32N4O5. The Balaban J connectivity index is 1.32. The first-order chi connectivity index (χ1) is 18.1. The minimum Gasteiger partial charge on any atom is -0.490 e. The van der Waals surface area contributed by atoms with Crippen LogP contribution >= 0.6 is 0 Å². The molecule has 0 aromatic carbocycles. The summed E-state index contributed by atoms with van der Waals surface area (Å²) in [6.07, 6.45) is 10.6. The average molecular weight is 505 g/mol. The topological polar surface area (TPSA) is 96.7 Å². The van der Waals surface area contributed by atoms with Gasteiger partial charge in [0.05, 0.1) is 55.6 Å². The van der Waals surface area contributed by atoms with Crippen LogP contribution in [0.15, 0.2) is 24.5 Å². The molecule has 7 rings (SSSR count). The Bertz CT molecular complexity index is 1350. The van der Waals surface area contributed by atoms with E-state index in [2.05, 4.69) is 22.6 Å². The lowest BCUT2D eigenvalue weighted by Crippen LogP contribution is -2.46. The van der Waals surface area contributed by atoms with Gasteiger partial charge in [-0.2, -0.15) is 0 Å². The van der Waals surface area contributed by atoms with Crippen LogP contribution in [0, 0.1) is 5.41 Å². The highest BCUT2D eigenvalue weighted by atomic mass is 16.6. The molecule has 9 heteroatoms. The van der Waals surface area contributed by atoms with Crippen molar-refractivity contribution in [3.63, 3.8) is 0 Å². The van der Waals surface area contributed by atoms with Gasteiger partial charge in [-0.15, -0.1) is 0 Å². The van der Waals surface area contributed by atoms with Gasteiger partial charge in [-0.05, 0) is 31.7 Å². The fourth-order valence-electron chi connectivity index (χ4n) is 6.48. The quantitative estimate of drug-likeness (QED) is 0.529.